The lowest BCUT2D eigenvalue weighted by Gasteiger charge is -2.31. The predicted molar refractivity (Wildman–Crippen MR) is 139 cm³/mol. The van der Waals surface area contributed by atoms with Crippen molar-refractivity contribution in [3.05, 3.63) is 57.6 Å². The normalized spacial score (nSPS) is 18.3. The lowest BCUT2D eigenvalue weighted by Crippen LogP contribution is -2.37. The zero-order valence-electron chi connectivity index (χ0n) is 19.5. The topological polar surface area (TPSA) is 111 Å². The molecular weight excluding hydrogens is 523 g/mol. The molecule has 2 aliphatic heterocycles. The SMILES string of the molecule is CCCc1cnc(N2CCC(C3=NC(COc4c(Cl)cc(-n5cnnn5)cc4Cl)=CS3=O)CC2)nc1. The molecule has 2 aliphatic rings. The monoisotopic (exact) mass is 546 g/mol. The summed E-state index contributed by atoms with van der Waals surface area (Å²) < 4.78 is 20.1. The Bertz CT molecular complexity index is 1280. The van der Waals surface area contributed by atoms with Gasteiger partial charge in [0.05, 0.1) is 32.2 Å². The number of ether oxygens (including phenoxy) is 1. The molecule has 0 N–H and O–H groups in total. The number of hydrogen-bond donors (Lipinski definition) is 0. The average molecular weight is 547 g/mol. The van der Waals surface area contributed by atoms with Gasteiger partial charge < -0.3 is 9.64 Å². The molecule has 4 heterocycles. The van der Waals surface area contributed by atoms with Crippen LogP contribution in [0.1, 0.15) is 31.7 Å². The van der Waals surface area contributed by atoms with Crippen molar-refractivity contribution >= 4 is 45.0 Å². The number of nitrogens with zero attached hydrogens (tertiary/aromatic N) is 8. The molecule has 2 aromatic heterocycles. The second-order valence-electron chi connectivity index (χ2n) is 8.54. The van der Waals surface area contributed by atoms with Crippen LogP contribution < -0.4 is 9.64 Å². The van der Waals surface area contributed by atoms with Gasteiger partial charge in [-0.25, -0.2) is 23.9 Å². The van der Waals surface area contributed by atoms with Crippen molar-refractivity contribution in [1.29, 1.82) is 0 Å². The lowest BCUT2D eigenvalue weighted by atomic mass is 9.98. The number of aromatic nitrogens is 6. The lowest BCUT2D eigenvalue weighted by molar-refractivity contribution is 0.351. The second-order valence-corrected chi connectivity index (χ2v) is 10.6. The van der Waals surface area contributed by atoms with Crippen LogP contribution in [0, 0.1) is 5.92 Å². The fraction of sp³-hybridized carbons (Fsp3) is 0.391. The highest BCUT2D eigenvalue weighted by molar-refractivity contribution is 8.03. The van der Waals surface area contributed by atoms with E-state index in [1.54, 1.807) is 17.5 Å². The first kappa shape index (κ1) is 24.8. The van der Waals surface area contributed by atoms with Crippen LogP contribution in [0.4, 0.5) is 5.95 Å². The fourth-order valence-corrected chi connectivity index (χ4v) is 6.06. The molecule has 1 unspecified atom stereocenters. The number of benzene rings is 1. The first-order chi connectivity index (χ1) is 17.5. The van der Waals surface area contributed by atoms with Gasteiger partial charge in [0.25, 0.3) is 0 Å². The quantitative estimate of drug-likeness (QED) is 0.416. The smallest absolute Gasteiger partial charge is 0.225 e. The molecule has 1 aromatic carbocycles. The number of aliphatic imine (C=N–C) groups is 1. The average Bonchev–Trinajstić information content (AvgIpc) is 3.54. The number of rotatable bonds is 8. The van der Waals surface area contributed by atoms with Crippen molar-refractivity contribution in [2.45, 2.75) is 32.6 Å². The fourth-order valence-electron chi connectivity index (χ4n) is 4.22. The molecule has 10 nitrogen and oxygen atoms in total. The molecule has 0 amide bonds. The number of aryl methyl sites for hydroxylation is 1. The minimum Gasteiger partial charge on any atom is -0.484 e. The molecule has 36 heavy (non-hydrogen) atoms. The van der Waals surface area contributed by atoms with Gasteiger partial charge in [-0.15, -0.1) is 5.10 Å². The van der Waals surface area contributed by atoms with E-state index in [1.807, 2.05) is 12.4 Å². The van der Waals surface area contributed by atoms with Crippen LogP contribution in [0.5, 0.6) is 5.75 Å². The Morgan fingerprint density at radius 1 is 1.14 bits per heavy atom. The van der Waals surface area contributed by atoms with Gasteiger partial charge >= 0.3 is 0 Å². The third kappa shape index (κ3) is 5.42. The molecule has 5 rings (SSSR count). The van der Waals surface area contributed by atoms with E-state index in [-0.39, 0.29) is 12.5 Å². The van der Waals surface area contributed by atoms with E-state index < -0.39 is 10.8 Å². The van der Waals surface area contributed by atoms with Gasteiger partial charge in [0.15, 0.2) is 5.75 Å². The summed E-state index contributed by atoms with van der Waals surface area (Å²) in [6, 6.07) is 3.31. The number of anilines is 1. The van der Waals surface area contributed by atoms with Crippen LogP contribution in [-0.2, 0) is 17.2 Å². The number of tetrazole rings is 1. The summed E-state index contributed by atoms with van der Waals surface area (Å²) in [4.78, 5) is 15.9. The van der Waals surface area contributed by atoms with E-state index in [0.29, 0.717) is 32.2 Å². The van der Waals surface area contributed by atoms with E-state index in [4.69, 9.17) is 27.9 Å². The van der Waals surface area contributed by atoms with Crippen LogP contribution in [0.3, 0.4) is 0 Å². The molecule has 0 spiro atoms. The molecule has 0 bridgehead atoms. The Kier molecular flexibility index (Phi) is 7.59. The summed E-state index contributed by atoms with van der Waals surface area (Å²) >= 11 is 12.8. The van der Waals surface area contributed by atoms with E-state index in [0.717, 1.165) is 50.3 Å². The standard InChI is InChI=1S/C23H24Cl2N8O2S/c1-2-3-15-10-26-23(27-11-15)32-6-4-16(5-7-32)22-29-17(13-36(22)34)12-35-21-19(24)8-18(9-20(21)25)33-14-28-30-31-33/h8-11,13-14,16H,2-7,12H2,1H3. The summed E-state index contributed by atoms with van der Waals surface area (Å²) in [5, 5.41) is 14.0. The van der Waals surface area contributed by atoms with Gasteiger partial charge in [-0.2, -0.15) is 0 Å². The van der Waals surface area contributed by atoms with Gasteiger partial charge in [0.1, 0.15) is 18.0 Å². The van der Waals surface area contributed by atoms with Crippen LogP contribution in [0.25, 0.3) is 5.69 Å². The van der Waals surface area contributed by atoms with Crippen molar-refractivity contribution in [3.63, 3.8) is 0 Å². The molecule has 188 valence electrons. The largest absolute Gasteiger partial charge is 0.484 e. The van der Waals surface area contributed by atoms with Gasteiger partial charge in [0.2, 0.25) is 5.95 Å². The highest BCUT2D eigenvalue weighted by Crippen LogP contribution is 2.36. The summed E-state index contributed by atoms with van der Waals surface area (Å²) in [6.07, 6.45) is 8.98. The Morgan fingerprint density at radius 3 is 2.50 bits per heavy atom. The molecule has 1 saturated heterocycles. The maximum atomic E-state index is 12.8. The van der Waals surface area contributed by atoms with Crippen LogP contribution in [-0.4, -0.2) is 59.1 Å². The Hall–Kier alpha value is -2.89. The van der Waals surface area contributed by atoms with E-state index in [2.05, 4.69) is 42.3 Å². The van der Waals surface area contributed by atoms with Crippen molar-refractivity contribution in [2.24, 2.45) is 10.9 Å². The molecule has 1 atom stereocenters. The summed E-state index contributed by atoms with van der Waals surface area (Å²) in [7, 11) is -1.28. The Morgan fingerprint density at radius 2 is 1.86 bits per heavy atom. The predicted octanol–water partition coefficient (Wildman–Crippen LogP) is 4.01. The molecule has 1 fully saturated rings. The van der Waals surface area contributed by atoms with Crippen LogP contribution in [0.2, 0.25) is 10.0 Å². The molecule has 13 heteroatoms. The van der Waals surface area contributed by atoms with Crippen molar-refractivity contribution < 1.29 is 8.95 Å². The van der Waals surface area contributed by atoms with Gasteiger partial charge in [-0.3, -0.25) is 0 Å². The third-order valence-corrected chi connectivity index (χ3v) is 7.91. The van der Waals surface area contributed by atoms with Gasteiger partial charge in [-0.05, 0) is 47.4 Å². The number of halogens is 2. The summed E-state index contributed by atoms with van der Waals surface area (Å²) in [5.74, 6) is 1.21. The first-order valence-electron chi connectivity index (χ1n) is 11.6. The van der Waals surface area contributed by atoms with Gasteiger partial charge in [-0.1, -0.05) is 36.5 Å². The second kappa shape index (κ2) is 11.0. The molecular formula is C23H24Cl2N8O2S. The van der Waals surface area contributed by atoms with Crippen LogP contribution >= 0.6 is 23.2 Å². The zero-order chi connectivity index (χ0) is 25.1. The minimum atomic E-state index is -1.28. The zero-order valence-corrected chi connectivity index (χ0v) is 21.9. The van der Waals surface area contributed by atoms with Crippen LogP contribution in [0.15, 0.2) is 47.0 Å². The third-order valence-electron chi connectivity index (χ3n) is 6.02. The Labute approximate surface area is 220 Å². The highest BCUT2D eigenvalue weighted by Gasteiger charge is 2.30. The maximum absolute atomic E-state index is 12.8. The van der Waals surface area contributed by atoms with Crippen molar-refractivity contribution in [1.82, 2.24) is 30.2 Å². The molecule has 3 aromatic rings. The van der Waals surface area contributed by atoms with E-state index in [1.165, 1.54) is 11.0 Å². The summed E-state index contributed by atoms with van der Waals surface area (Å²) in [6.45, 7) is 3.83. The molecule has 0 radical (unpaired) electrons. The van der Waals surface area contributed by atoms with Crippen molar-refractivity contribution in [3.8, 4) is 11.4 Å². The maximum Gasteiger partial charge on any atom is 0.225 e. The Balaban J connectivity index is 1.18. The number of hydrogen-bond acceptors (Lipinski definition) is 9. The molecule has 0 saturated carbocycles. The summed E-state index contributed by atoms with van der Waals surface area (Å²) in [5.41, 5.74) is 2.36. The van der Waals surface area contributed by atoms with Crippen molar-refractivity contribution in [2.75, 3.05) is 24.6 Å². The minimum absolute atomic E-state index is 0.107. The molecule has 0 aliphatic carbocycles. The van der Waals surface area contributed by atoms with E-state index >= 15 is 0 Å². The first-order valence-corrected chi connectivity index (χ1v) is 13.6. The highest BCUT2D eigenvalue weighted by atomic mass is 35.5. The number of piperidine rings is 1. The van der Waals surface area contributed by atoms with Gasteiger partial charge in [0, 0.05) is 36.8 Å². The van der Waals surface area contributed by atoms with E-state index in [9.17, 15) is 4.21 Å².